The van der Waals surface area contributed by atoms with E-state index in [1.807, 2.05) is 13.0 Å². The molecule has 3 rings (SSSR count). The predicted molar refractivity (Wildman–Crippen MR) is 102 cm³/mol. The maximum Gasteiger partial charge on any atom is 0.343 e. The van der Waals surface area contributed by atoms with Crippen molar-refractivity contribution in [2.45, 2.75) is 6.92 Å². The van der Waals surface area contributed by atoms with Gasteiger partial charge in [-0.15, -0.1) is 0 Å². The lowest BCUT2D eigenvalue weighted by molar-refractivity contribution is 0.0735. The van der Waals surface area contributed by atoms with Crippen molar-refractivity contribution in [3.63, 3.8) is 0 Å². The number of aromatic nitrogens is 1. The van der Waals surface area contributed by atoms with Crippen LogP contribution in [-0.4, -0.2) is 11.0 Å². The fourth-order valence-corrected chi connectivity index (χ4v) is 2.70. The summed E-state index contributed by atoms with van der Waals surface area (Å²) >= 11 is 0. The highest BCUT2D eigenvalue weighted by Crippen LogP contribution is 2.30. The molecule has 0 unspecified atom stereocenters. The number of nitrogens with two attached hydrogens (primary N) is 1. The highest BCUT2D eigenvalue weighted by atomic mass is 16.5. The van der Waals surface area contributed by atoms with Crippen LogP contribution >= 0.6 is 0 Å². The van der Waals surface area contributed by atoms with Crippen molar-refractivity contribution in [3.8, 4) is 29.0 Å². The summed E-state index contributed by atoms with van der Waals surface area (Å²) in [5.74, 6) is -0.484. The van der Waals surface area contributed by atoms with Crippen molar-refractivity contribution < 1.29 is 9.53 Å². The minimum Gasteiger partial charge on any atom is -0.423 e. The number of esters is 1. The lowest BCUT2D eigenvalue weighted by Gasteiger charge is -2.10. The van der Waals surface area contributed by atoms with E-state index in [9.17, 15) is 20.1 Å². The Hall–Kier alpha value is -4.36. The van der Waals surface area contributed by atoms with E-state index in [2.05, 4.69) is 4.98 Å². The fourth-order valence-electron chi connectivity index (χ4n) is 2.70. The van der Waals surface area contributed by atoms with E-state index in [1.54, 1.807) is 48.5 Å². The number of aromatic amines is 1. The Morgan fingerprint density at radius 3 is 2.39 bits per heavy atom. The second-order valence-electron chi connectivity index (χ2n) is 6.00. The second kappa shape index (κ2) is 7.48. The molecule has 136 valence electrons. The number of nitrogen functional groups attached to an aromatic ring is 1. The van der Waals surface area contributed by atoms with E-state index in [-0.39, 0.29) is 28.3 Å². The highest BCUT2D eigenvalue weighted by Gasteiger charge is 2.19. The number of pyridine rings is 1. The smallest absolute Gasteiger partial charge is 0.343 e. The number of hydrogen-bond donors (Lipinski definition) is 2. The number of rotatable bonds is 3. The molecule has 0 saturated carbocycles. The van der Waals surface area contributed by atoms with Crippen LogP contribution < -0.4 is 16.0 Å². The maximum absolute atomic E-state index is 12.3. The number of benzene rings is 2. The van der Waals surface area contributed by atoms with Gasteiger partial charge >= 0.3 is 5.97 Å². The number of anilines is 1. The van der Waals surface area contributed by atoms with Crippen molar-refractivity contribution in [2.24, 2.45) is 0 Å². The molecule has 7 heteroatoms. The topological polar surface area (TPSA) is 133 Å². The first-order chi connectivity index (χ1) is 13.4. The molecule has 3 N–H and O–H groups in total. The molecule has 7 nitrogen and oxygen atoms in total. The van der Waals surface area contributed by atoms with Crippen LogP contribution in [0.25, 0.3) is 11.1 Å². The molecule has 0 aliphatic heterocycles. The van der Waals surface area contributed by atoms with Crippen LogP contribution in [0.5, 0.6) is 5.75 Å². The van der Waals surface area contributed by atoms with Crippen molar-refractivity contribution >= 4 is 11.8 Å². The van der Waals surface area contributed by atoms with Crippen molar-refractivity contribution in [3.05, 3.63) is 81.1 Å². The second-order valence-corrected chi connectivity index (χ2v) is 6.00. The van der Waals surface area contributed by atoms with Gasteiger partial charge in [-0.25, -0.2) is 4.79 Å². The molecule has 1 heterocycles. The number of aryl methyl sites for hydroxylation is 1. The largest absolute Gasteiger partial charge is 0.423 e. The zero-order valence-electron chi connectivity index (χ0n) is 14.8. The zero-order valence-corrected chi connectivity index (χ0v) is 14.8. The number of nitrogens with one attached hydrogen (secondary N) is 1. The molecular formula is C21H14N4O3. The summed E-state index contributed by atoms with van der Waals surface area (Å²) in [6.07, 6.45) is 0. The molecule has 3 aromatic rings. The number of carbonyl (C=O) groups excluding carboxylic acids is 1. The maximum atomic E-state index is 12.3. The first kappa shape index (κ1) is 18.4. The summed E-state index contributed by atoms with van der Waals surface area (Å²) < 4.78 is 5.39. The predicted octanol–water partition coefficient (Wildman–Crippen LogP) is 2.90. The summed E-state index contributed by atoms with van der Waals surface area (Å²) in [6.45, 7) is 1.91. The van der Waals surface area contributed by atoms with E-state index in [1.165, 1.54) is 6.07 Å². The van der Waals surface area contributed by atoms with Gasteiger partial charge in [0.05, 0.1) is 5.56 Å². The van der Waals surface area contributed by atoms with Crippen LogP contribution in [0, 0.1) is 29.6 Å². The average Bonchev–Trinajstić information content (AvgIpc) is 2.68. The van der Waals surface area contributed by atoms with Gasteiger partial charge in [-0.2, -0.15) is 10.5 Å². The van der Waals surface area contributed by atoms with E-state index < -0.39 is 11.5 Å². The summed E-state index contributed by atoms with van der Waals surface area (Å²) in [6, 6.07) is 16.8. The molecule has 0 atom stereocenters. The number of nitriles is 2. The summed E-state index contributed by atoms with van der Waals surface area (Å²) in [7, 11) is 0. The monoisotopic (exact) mass is 370 g/mol. The van der Waals surface area contributed by atoms with E-state index in [0.717, 1.165) is 5.56 Å². The SMILES string of the molecule is Cc1ccc(C(=O)Oc2cccc(-c3c(C#N)c(N)[nH]c(=O)c3C#N)c2)cc1. The first-order valence-corrected chi connectivity index (χ1v) is 8.20. The summed E-state index contributed by atoms with van der Waals surface area (Å²) in [5.41, 5.74) is 6.61. The third-order valence-electron chi connectivity index (χ3n) is 4.09. The van der Waals surface area contributed by atoms with E-state index in [0.29, 0.717) is 11.1 Å². The lowest BCUT2D eigenvalue weighted by Crippen LogP contribution is -2.16. The Morgan fingerprint density at radius 2 is 1.75 bits per heavy atom. The third kappa shape index (κ3) is 3.46. The van der Waals surface area contributed by atoms with Gasteiger partial charge in [-0.05, 0) is 36.8 Å². The van der Waals surface area contributed by atoms with Gasteiger partial charge in [0.2, 0.25) is 0 Å². The van der Waals surface area contributed by atoms with Gasteiger partial charge < -0.3 is 15.5 Å². The van der Waals surface area contributed by atoms with Crippen LogP contribution in [0.2, 0.25) is 0 Å². The van der Waals surface area contributed by atoms with Crippen LogP contribution in [0.4, 0.5) is 5.82 Å². The fraction of sp³-hybridized carbons (Fsp3) is 0.0476. The molecule has 2 aromatic carbocycles. The van der Waals surface area contributed by atoms with Crippen molar-refractivity contribution in [2.75, 3.05) is 5.73 Å². The Morgan fingerprint density at radius 1 is 1.07 bits per heavy atom. The number of nitrogens with zero attached hydrogens (tertiary/aromatic N) is 2. The van der Waals surface area contributed by atoms with Gasteiger partial charge in [0.25, 0.3) is 5.56 Å². The third-order valence-corrected chi connectivity index (χ3v) is 4.09. The molecule has 0 radical (unpaired) electrons. The number of hydrogen-bond acceptors (Lipinski definition) is 6. The summed E-state index contributed by atoms with van der Waals surface area (Å²) in [5, 5.41) is 18.8. The van der Waals surface area contributed by atoms with Crippen molar-refractivity contribution in [1.82, 2.24) is 4.98 Å². The number of H-pyrrole nitrogens is 1. The van der Waals surface area contributed by atoms with E-state index >= 15 is 0 Å². The molecule has 0 fully saturated rings. The van der Waals surface area contributed by atoms with Gasteiger partial charge in [-0.1, -0.05) is 29.8 Å². The molecule has 0 bridgehead atoms. The van der Waals surface area contributed by atoms with Crippen LogP contribution in [0.1, 0.15) is 27.0 Å². The van der Waals surface area contributed by atoms with Crippen LogP contribution in [0.15, 0.2) is 53.3 Å². The molecule has 0 aliphatic carbocycles. The van der Waals surface area contributed by atoms with Crippen molar-refractivity contribution in [1.29, 1.82) is 10.5 Å². The standard InChI is InChI=1S/C21H14N4O3/c1-12-5-7-13(8-6-12)21(27)28-15-4-2-3-14(9-15)18-16(10-22)19(24)25-20(26)17(18)11-23/h2-9H,1H3,(H3,24,25,26). The molecule has 28 heavy (non-hydrogen) atoms. The Balaban J connectivity index is 2.05. The Labute approximate surface area is 160 Å². The van der Waals surface area contributed by atoms with Gasteiger partial charge in [0.1, 0.15) is 34.8 Å². The van der Waals surface area contributed by atoms with Gasteiger partial charge in [-0.3, -0.25) is 4.79 Å². The first-order valence-electron chi connectivity index (χ1n) is 8.20. The minimum atomic E-state index is -0.698. The normalized spacial score (nSPS) is 9.96. The molecule has 0 amide bonds. The average molecular weight is 370 g/mol. The molecule has 0 aliphatic rings. The Kier molecular flexibility index (Phi) is 4.93. The molecule has 0 saturated heterocycles. The minimum absolute atomic E-state index is 0.0295. The van der Waals surface area contributed by atoms with Crippen LogP contribution in [-0.2, 0) is 0 Å². The highest BCUT2D eigenvalue weighted by molar-refractivity contribution is 5.91. The lowest BCUT2D eigenvalue weighted by atomic mass is 9.96. The zero-order chi connectivity index (χ0) is 20.3. The molecule has 1 aromatic heterocycles. The Bertz CT molecular complexity index is 1210. The molecule has 0 spiro atoms. The van der Waals surface area contributed by atoms with Gasteiger partial charge in [0.15, 0.2) is 0 Å². The van der Waals surface area contributed by atoms with E-state index in [4.69, 9.17) is 10.5 Å². The number of carbonyl (C=O) groups is 1. The molecular weight excluding hydrogens is 356 g/mol. The van der Waals surface area contributed by atoms with Crippen LogP contribution in [0.3, 0.4) is 0 Å². The number of ether oxygens (including phenoxy) is 1. The van der Waals surface area contributed by atoms with Gasteiger partial charge in [0, 0.05) is 5.56 Å². The summed E-state index contributed by atoms with van der Waals surface area (Å²) in [4.78, 5) is 26.7. The quantitative estimate of drug-likeness (QED) is 0.538.